The molecule has 1 atom stereocenters. The van der Waals surface area contributed by atoms with E-state index in [9.17, 15) is 14.4 Å². The number of allylic oxidation sites excluding steroid dienone is 4. The molecule has 436 valence electrons. The number of carbonyl (C=O) groups excluding carboxylic acids is 3. The molecule has 0 aliphatic carbocycles. The van der Waals surface area contributed by atoms with E-state index in [0.29, 0.717) is 19.3 Å². The number of ether oxygens (including phenoxy) is 3. The van der Waals surface area contributed by atoms with E-state index in [-0.39, 0.29) is 31.1 Å². The molecule has 0 aliphatic heterocycles. The van der Waals surface area contributed by atoms with Crippen molar-refractivity contribution in [2.75, 3.05) is 13.2 Å². The Morgan fingerprint density at radius 1 is 0.257 bits per heavy atom. The lowest BCUT2D eigenvalue weighted by Gasteiger charge is -2.18. The van der Waals surface area contributed by atoms with Crippen LogP contribution in [0, 0.1) is 0 Å². The fraction of sp³-hybridized carbons (Fsp3) is 0.897. The van der Waals surface area contributed by atoms with E-state index in [1.165, 1.54) is 263 Å². The van der Waals surface area contributed by atoms with Crippen molar-refractivity contribution in [3.05, 3.63) is 24.3 Å². The molecule has 0 heterocycles. The van der Waals surface area contributed by atoms with Crippen LogP contribution in [0.25, 0.3) is 0 Å². The summed E-state index contributed by atoms with van der Waals surface area (Å²) in [5.74, 6) is -0.859. The maximum Gasteiger partial charge on any atom is 0.306 e. The van der Waals surface area contributed by atoms with Crippen LogP contribution in [0.15, 0.2) is 24.3 Å². The molecule has 1 unspecified atom stereocenters. The molecule has 6 nitrogen and oxygen atoms in total. The van der Waals surface area contributed by atoms with Gasteiger partial charge in [-0.1, -0.05) is 315 Å². The highest BCUT2D eigenvalue weighted by molar-refractivity contribution is 5.71. The molecule has 0 rings (SSSR count). The molecule has 0 aromatic heterocycles. The molecule has 0 N–H and O–H groups in total. The minimum absolute atomic E-state index is 0.0681. The lowest BCUT2D eigenvalue weighted by atomic mass is 10.0. The molecule has 0 amide bonds. The van der Waals surface area contributed by atoms with Crippen LogP contribution in [-0.4, -0.2) is 37.2 Å². The van der Waals surface area contributed by atoms with Crippen molar-refractivity contribution in [1.29, 1.82) is 0 Å². The van der Waals surface area contributed by atoms with Gasteiger partial charge in [-0.3, -0.25) is 14.4 Å². The predicted molar refractivity (Wildman–Crippen MR) is 321 cm³/mol. The summed E-state index contributed by atoms with van der Waals surface area (Å²) in [7, 11) is 0. The maximum atomic E-state index is 12.8. The minimum atomic E-state index is -0.768. The zero-order valence-electron chi connectivity index (χ0n) is 50.1. The van der Waals surface area contributed by atoms with E-state index < -0.39 is 6.10 Å². The fourth-order valence-electron chi connectivity index (χ4n) is 10.2. The van der Waals surface area contributed by atoms with Gasteiger partial charge in [-0.2, -0.15) is 0 Å². The SMILES string of the molecule is CCC/C=C\CCCCCCCC(=O)OCC(COC(=O)CCCCCCCCCCCCCCCCCCCCCCCCC/C=C\CCCCCCCCCC)OC(=O)CCCCCCCCCCCCC. The average molecular weight is 1040 g/mol. The molecule has 0 radical (unpaired) electrons. The van der Waals surface area contributed by atoms with E-state index in [1.54, 1.807) is 0 Å². The summed E-state index contributed by atoms with van der Waals surface area (Å²) < 4.78 is 16.8. The van der Waals surface area contributed by atoms with Gasteiger partial charge in [-0.25, -0.2) is 0 Å². The lowest BCUT2D eigenvalue weighted by Crippen LogP contribution is -2.30. The van der Waals surface area contributed by atoms with E-state index in [0.717, 1.165) is 70.6 Å². The van der Waals surface area contributed by atoms with Crippen molar-refractivity contribution < 1.29 is 28.6 Å². The third-order valence-corrected chi connectivity index (χ3v) is 15.2. The number of hydrogen-bond acceptors (Lipinski definition) is 6. The Labute approximate surface area is 462 Å². The third kappa shape index (κ3) is 60.8. The zero-order valence-corrected chi connectivity index (χ0v) is 50.1. The standard InChI is InChI=1S/C68H128O6/c1-4-7-10-13-16-19-22-23-24-25-26-27-28-29-30-31-32-33-34-35-36-37-38-39-40-41-42-43-44-45-47-49-52-55-58-61-67(70)73-64-65(63-72-66(69)60-57-54-51-48-21-18-15-12-9-6-3)74-68(71)62-59-56-53-50-46-20-17-14-11-8-5-2/h12,15,25-26,65H,4-11,13-14,16-24,27-64H2,1-3H3/b15-12-,26-25-. The molecule has 0 saturated carbocycles. The Morgan fingerprint density at radius 2 is 0.473 bits per heavy atom. The minimum Gasteiger partial charge on any atom is -0.462 e. The monoisotopic (exact) mass is 1040 g/mol. The van der Waals surface area contributed by atoms with Gasteiger partial charge in [0.2, 0.25) is 0 Å². The smallest absolute Gasteiger partial charge is 0.306 e. The Kier molecular flexibility index (Phi) is 61.6. The van der Waals surface area contributed by atoms with E-state index >= 15 is 0 Å². The molecule has 0 aromatic rings. The second-order valence-electron chi connectivity index (χ2n) is 22.7. The number of carbonyl (C=O) groups is 3. The largest absolute Gasteiger partial charge is 0.462 e. The lowest BCUT2D eigenvalue weighted by molar-refractivity contribution is -0.167. The van der Waals surface area contributed by atoms with Crippen LogP contribution in [0.4, 0.5) is 0 Å². The van der Waals surface area contributed by atoms with Crippen molar-refractivity contribution in [2.24, 2.45) is 0 Å². The normalized spacial score (nSPS) is 12.1. The summed E-state index contributed by atoms with van der Waals surface area (Å²) in [6, 6.07) is 0. The summed E-state index contributed by atoms with van der Waals surface area (Å²) >= 11 is 0. The molecule has 0 aromatic carbocycles. The van der Waals surface area contributed by atoms with Gasteiger partial charge in [0.15, 0.2) is 6.10 Å². The van der Waals surface area contributed by atoms with Gasteiger partial charge < -0.3 is 14.2 Å². The summed E-state index contributed by atoms with van der Waals surface area (Å²) in [6.07, 6.45) is 76.7. The first-order valence-electron chi connectivity index (χ1n) is 33.3. The maximum absolute atomic E-state index is 12.8. The van der Waals surface area contributed by atoms with Crippen molar-refractivity contribution in [3.8, 4) is 0 Å². The van der Waals surface area contributed by atoms with Crippen LogP contribution in [0.2, 0.25) is 0 Å². The highest BCUT2D eigenvalue weighted by Gasteiger charge is 2.19. The van der Waals surface area contributed by atoms with E-state index in [2.05, 4.69) is 45.1 Å². The Bertz CT molecular complexity index is 1190. The number of rotatable bonds is 62. The molecule has 6 heteroatoms. The number of esters is 3. The van der Waals surface area contributed by atoms with Gasteiger partial charge in [-0.05, 0) is 64.2 Å². The molecule has 74 heavy (non-hydrogen) atoms. The second kappa shape index (κ2) is 63.4. The van der Waals surface area contributed by atoms with Crippen molar-refractivity contribution in [1.82, 2.24) is 0 Å². The third-order valence-electron chi connectivity index (χ3n) is 15.2. The molecule has 0 bridgehead atoms. The Balaban J connectivity index is 3.91. The van der Waals surface area contributed by atoms with E-state index in [1.807, 2.05) is 0 Å². The summed E-state index contributed by atoms with van der Waals surface area (Å²) in [6.45, 7) is 6.61. The average Bonchev–Trinajstić information content (AvgIpc) is 3.40. The van der Waals surface area contributed by atoms with E-state index in [4.69, 9.17) is 14.2 Å². The topological polar surface area (TPSA) is 78.9 Å². The number of unbranched alkanes of at least 4 members (excludes halogenated alkanes) is 47. The molecular formula is C68H128O6. The molecule has 0 fully saturated rings. The first kappa shape index (κ1) is 71.9. The van der Waals surface area contributed by atoms with Gasteiger partial charge in [-0.15, -0.1) is 0 Å². The Hall–Kier alpha value is -2.11. The summed E-state index contributed by atoms with van der Waals surface area (Å²) in [5, 5.41) is 0. The van der Waals surface area contributed by atoms with Crippen LogP contribution in [0.1, 0.15) is 374 Å². The molecular weight excluding hydrogens is 913 g/mol. The summed E-state index contributed by atoms with van der Waals surface area (Å²) in [5.41, 5.74) is 0. The van der Waals surface area contributed by atoms with Gasteiger partial charge >= 0.3 is 17.9 Å². The van der Waals surface area contributed by atoms with Gasteiger partial charge in [0.1, 0.15) is 13.2 Å². The Morgan fingerprint density at radius 3 is 0.730 bits per heavy atom. The number of hydrogen-bond donors (Lipinski definition) is 0. The van der Waals surface area contributed by atoms with Gasteiger partial charge in [0.25, 0.3) is 0 Å². The van der Waals surface area contributed by atoms with Crippen LogP contribution in [0.5, 0.6) is 0 Å². The first-order chi connectivity index (χ1) is 36.5. The van der Waals surface area contributed by atoms with Crippen LogP contribution in [0.3, 0.4) is 0 Å². The van der Waals surface area contributed by atoms with Crippen molar-refractivity contribution in [3.63, 3.8) is 0 Å². The highest BCUT2D eigenvalue weighted by atomic mass is 16.6. The van der Waals surface area contributed by atoms with Crippen molar-refractivity contribution in [2.45, 2.75) is 380 Å². The fourth-order valence-corrected chi connectivity index (χ4v) is 10.2. The summed E-state index contributed by atoms with van der Waals surface area (Å²) in [4.78, 5) is 38.0. The second-order valence-corrected chi connectivity index (χ2v) is 22.7. The first-order valence-corrected chi connectivity index (χ1v) is 33.3. The van der Waals surface area contributed by atoms with Crippen LogP contribution >= 0.6 is 0 Å². The molecule has 0 saturated heterocycles. The quantitative estimate of drug-likeness (QED) is 0.0261. The zero-order chi connectivity index (χ0) is 53.6. The molecule has 0 spiro atoms. The van der Waals surface area contributed by atoms with Crippen LogP contribution < -0.4 is 0 Å². The predicted octanol–water partition coefficient (Wildman–Crippen LogP) is 22.6. The highest BCUT2D eigenvalue weighted by Crippen LogP contribution is 2.18. The van der Waals surface area contributed by atoms with Gasteiger partial charge in [0.05, 0.1) is 0 Å². The molecule has 0 aliphatic rings. The van der Waals surface area contributed by atoms with Crippen LogP contribution in [-0.2, 0) is 28.6 Å². The van der Waals surface area contributed by atoms with Gasteiger partial charge in [0, 0.05) is 19.3 Å². The van der Waals surface area contributed by atoms with Crippen molar-refractivity contribution >= 4 is 17.9 Å².